The number of fused-ring (bicyclic) bond motifs is 2. The summed E-state index contributed by atoms with van der Waals surface area (Å²) in [6.07, 6.45) is 8.51. The van der Waals surface area contributed by atoms with Crippen molar-refractivity contribution in [2.24, 2.45) is 0 Å². The van der Waals surface area contributed by atoms with E-state index in [0.29, 0.717) is 5.57 Å². The molecule has 0 unspecified atom stereocenters. The van der Waals surface area contributed by atoms with Gasteiger partial charge in [0.05, 0.1) is 5.57 Å². The summed E-state index contributed by atoms with van der Waals surface area (Å²) < 4.78 is 0. The average molecular weight is 304 g/mol. The Bertz CT molecular complexity index is 937. The van der Waals surface area contributed by atoms with Gasteiger partial charge in [0.1, 0.15) is 5.65 Å². The fourth-order valence-electron chi connectivity index (χ4n) is 3.26. The summed E-state index contributed by atoms with van der Waals surface area (Å²) in [5.41, 5.74) is 5.29. The summed E-state index contributed by atoms with van der Waals surface area (Å²) in [5.74, 6) is -0.916. The molecule has 0 saturated heterocycles. The van der Waals surface area contributed by atoms with Gasteiger partial charge >= 0.3 is 5.97 Å². The molecule has 3 aromatic rings. The van der Waals surface area contributed by atoms with Gasteiger partial charge in [0.2, 0.25) is 0 Å². The summed E-state index contributed by atoms with van der Waals surface area (Å²) in [4.78, 5) is 19.1. The van der Waals surface area contributed by atoms with Crippen molar-refractivity contribution < 1.29 is 9.90 Å². The van der Waals surface area contributed by atoms with Crippen LogP contribution in [-0.2, 0) is 17.6 Å². The van der Waals surface area contributed by atoms with E-state index in [4.69, 9.17) is 0 Å². The van der Waals surface area contributed by atoms with Gasteiger partial charge in [-0.05, 0) is 54.2 Å². The van der Waals surface area contributed by atoms with Crippen LogP contribution in [0.15, 0.2) is 42.7 Å². The zero-order valence-corrected chi connectivity index (χ0v) is 12.5. The van der Waals surface area contributed by atoms with Crippen molar-refractivity contribution in [3.63, 3.8) is 0 Å². The van der Waals surface area contributed by atoms with Crippen LogP contribution in [0.2, 0.25) is 0 Å². The number of nitrogens with one attached hydrogen (secondary N) is 1. The molecule has 4 heteroatoms. The molecule has 1 aliphatic rings. The van der Waals surface area contributed by atoms with Crippen molar-refractivity contribution in [3.05, 3.63) is 65.0 Å². The standard InChI is InChI=1S/C19H16N2O2/c22-19(23)17(14-7-6-12-3-1-4-13(12)9-14)10-15-11-21-18-16(15)5-2-8-20-18/h2,5-11H,1,3-4H2,(H,20,21)(H,22,23). The molecule has 0 spiro atoms. The predicted octanol–water partition coefficient (Wildman–Crippen LogP) is 3.68. The second-order valence-electron chi connectivity index (χ2n) is 5.84. The highest BCUT2D eigenvalue weighted by Gasteiger charge is 2.16. The highest BCUT2D eigenvalue weighted by molar-refractivity contribution is 6.21. The number of aryl methyl sites for hydroxylation is 2. The normalized spacial score (nSPS) is 14.2. The topological polar surface area (TPSA) is 66.0 Å². The lowest BCUT2D eigenvalue weighted by Gasteiger charge is -2.06. The molecule has 114 valence electrons. The monoisotopic (exact) mass is 304 g/mol. The SMILES string of the molecule is O=C(O)C(=Cc1c[nH]c2ncccc12)c1ccc2c(c1)CCC2. The number of benzene rings is 1. The lowest BCUT2D eigenvalue weighted by Crippen LogP contribution is -2.00. The smallest absolute Gasteiger partial charge is 0.336 e. The van der Waals surface area contributed by atoms with Crippen LogP contribution in [0.3, 0.4) is 0 Å². The van der Waals surface area contributed by atoms with Crippen LogP contribution in [0.25, 0.3) is 22.7 Å². The Balaban J connectivity index is 1.83. The number of H-pyrrole nitrogens is 1. The molecule has 1 aromatic carbocycles. The number of aromatic nitrogens is 2. The van der Waals surface area contributed by atoms with Gasteiger partial charge < -0.3 is 10.1 Å². The van der Waals surface area contributed by atoms with Gasteiger partial charge in [0, 0.05) is 23.3 Å². The van der Waals surface area contributed by atoms with Crippen LogP contribution in [0.1, 0.15) is 28.7 Å². The number of hydrogen-bond donors (Lipinski definition) is 2. The number of carbonyl (C=O) groups is 1. The quantitative estimate of drug-likeness (QED) is 0.725. The number of aromatic amines is 1. The maximum absolute atomic E-state index is 11.8. The molecule has 2 N–H and O–H groups in total. The van der Waals surface area contributed by atoms with E-state index >= 15 is 0 Å². The number of hydrogen-bond acceptors (Lipinski definition) is 2. The van der Waals surface area contributed by atoms with Crippen molar-refractivity contribution in [1.82, 2.24) is 9.97 Å². The van der Waals surface area contributed by atoms with Crippen molar-refractivity contribution in [2.75, 3.05) is 0 Å². The van der Waals surface area contributed by atoms with Gasteiger partial charge in [-0.25, -0.2) is 9.78 Å². The molecule has 0 bridgehead atoms. The number of rotatable bonds is 3. The third-order valence-corrected chi connectivity index (χ3v) is 4.42. The molecule has 2 aromatic heterocycles. The lowest BCUT2D eigenvalue weighted by atomic mass is 9.99. The number of carboxylic acids is 1. The fourth-order valence-corrected chi connectivity index (χ4v) is 3.26. The Morgan fingerprint density at radius 2 is 2.09 bits per heavy atom. The second kappa shape index (κ2) is 5.39. The van der Waals surface area contributed by atoms with Crippen LogP contribution in [0.4, 0.5) is 0 Å². The van der Waals surface area contributed by atoms with Gasteiger partial charge in [0.25, 0.3) is 0 Å². The van der Waals surface area contributed by atoms with E-state index in [9.17, 15) is 9.90 Å². The van der Waals surface area contributed by atoms with E-state index < -0.39 is 5.97 Å². The summed E-state index contributed by atoms with van der Waals surface area (Å²) in [6.45, 7) is 0. The summed E-state index contributed by atoms with van der Waals surface area (Å²) in [7, 11) is 0. The summed E-state index contributed by atoms with van der Waals surface area (Å²) in [5, 5.41) is 10.6. The fraction of sp³-hybridized carbons (Fsp3) is 0.158. The number of carboxylic acid groups (broad SMARTS) is 1. The number of nitrogens with zero attached hydrogens (tertiary/aromatic N) is 1. The average Bonchev–Trinajstić information content (AvgIpc) is 3.18. The Hall–Kier alpha value is -2.88. The number of pyridine rings is 1. The first-order valence-corrected chi connectivity index (χ1v) is 7.71. The van der Waals surface area contributed by atoms with E-state index in [2.05, 4.69) is 16.0 Å². The maximum Gasteiger partial charge on any atom is 0.336 e. The molecule has 1 aliphatic carbocycles. The van der Waals surface area contributed by atoms with Crippen LogP contribution >= 0.6 is 0 Å². The minimum atomic E-state index is -0.916. The van der Waals surface area contributed by atoms with E-state index in [0.717, 1.165) is 41.4 Å². The molecule has 0 aliphatic heterocycles. The molecular weight excluding hydrogens is 288 g/mol. The Kier molecular flexibility index (Phi) is 3.23. The highest BCUT2D eigenvalue weighted by Crippen LogP contribution is 2.28. The molecule has 2 heterocycles. The van der Waals surface area contributed by atoms with E-state index in [1.165, 1.54) is 11.1 Å². The Morgan fingerprint density at radius 3 is 2.96 bits per heavy atom. The first-order valence-electron chi connectivity index (χ1n) is 7.71. The van der Waals surface area contributed by atoms with Crippen molar-refractivity contribution >= 4 is 28.7 Å². The van der Waals surface area contributed by atoms with E-state index in [1.54, 1.807) is 18.5 Å². The van der Waals surface area contributed by atoms with Gasteiger partial charge in [-0.3, -0.25) is 0 Å². The zero-order valence-electron chi connectivity index (χ0n) is 12.5. The van der Waals surface area contributed by atoms with Gasteiger partial charge in [-0.1, -0.05) is 18.2 Å². The molecule has 4 rings (SSSR count). The summed E-state index contributed by atoms with van der Waals surface area (Å²) >= 11 is 0. The molecule has 0 radical (unpaired) electrons. The van der Waals surface area contributed by atoms with Crippen LogP contribution in [0.5, 0.6) is 0 Å². The Morgan fingerprint density at radius 1 is 1.22 bits per heavy atom. The van der Waals surface area contributed by atoms with Crippen molar-refractivity contribution in [1.29, 1.82) is 0 Å². The number of aliphatic carboxylic acids is 1. The second-order valence-corrected chi connectivity index (χ2v) is 5.84. The van der Waals surface area contributed by atoms with E-state index in [-0.39, 0.29) is 0 Å². The zero-order chi connectivity index (χ0) is 15.8. The molecule has 0 atom stereocenters. The molecule has 23 heavy (non-hydrogen) atoms. The molecule has 0 fully saturated rings. The predicted molar refractivity (Wildman–Crippen MR) is 90.1 cm³/mol. The molecule has 0 amide bonds. The van der Waals surface area contributed by atoms with E-state index in [1.807, 2.05) is 24.3 Å². The highest BCUT2D eigenvalue weighted by atomic mass is 16.4. The Labute approximate surface area is 133 Å². The van der Waals surface area contributed by atoms with Crippen LogP contribution in [0, 0.1) is 0 Å². The minimum absolute atomic E-state index is 0.310. The first kappa shape index (κ1) is 13.8. The van der Waals surface area contributed by atoms with Crippen LogP contribution < -0.4 is 0 Å². The minimum Gasteiger partial charge on any atom is -0.478 e. The van der Waals surface area contributed by atoms with Gasteiger partial charge in [-0.2, -0.15) is 0 Å². The molecule has 4 nitrogen and oxygen atoms in total. The van der Waals surface area contributed by atoms with Crippen LogP contribution in [-0.4, -0.2) is 21.0 Å². The van der Waals surface area contributed by atoms with Gasteiger partial charge in [0.15, 0.2) is 0 Å². The maximum atomic E-state index is 11.8. The van der Waals surface area contributed by atoms with Crippen molar-refractivity contribution in [3.8, 4) is 0 Å². The third-order valence-electron chi connectivity index (χ3n) is 4.42. The molecular formula is C19H16N2O2. The lowest BCUT2D eigenvalue weighted by molar-refractivity contribution is -0.130. The third kappa shape index (κ3) is 2.42. The van der Waals surface area contributed by atoms with Crippen molar-refractivity contribution in [2.45, 2.75) is 19.3 Å². The molecule has 0 saturated carbocycles. The first-order chi connectivity index (χ1) is 11.2. The largest absolute Gasteiger partial charge is 0.478 e. The summed E-state index contributed by atoms with van der Waals surface area (Å²) in [6, 6.07) is 9.79. The van der Waals surface area contributed by atoms with Gasteiger partial charge in [-0.15, -0.1) is 0 Å².